The number of nitrogens with zero attached hydrogens (tertiary/aromatic N) is 3. The maximum Gasteiger partial charge on any atom is 0.250 e. The van der Waals surface area contributed by atoms with Gasteiger partial charge in [0.05, 0.1) is 0 Å². The largest absolute Gasteiger partial charge is 0.339 e. The smallest absolute Gasteiger partial charge is 0.250 e. The van der Waals surface area contributed by atoms with Crippen LogP contribution in [0.2, 0.25) is 0 Å². The molecule has 5 nitrogen and oxygen atoms in total. The quantitative estimate of drug-likeness (QED) is 0.922. The first-order valence-corrected chi connectivity index (χ1v) is 8.14. The van der Waals surface area contributed by atoms with Gasteiger partial charge in [0, 0.05) is 26.0 Å². The van der Waals surface area contributed by atoms with Gasteiger partial charge in [0.25, 0.3) is 5.91 Å². The van der Waals surface area contributed by atoms with E-state index in [0.717, 1.165) is 31.5 Å². The summed E-state index contributed by atoms with van der Waals surface area (Å²) in [4.78, 5) is 15.1. The van der Waals surface area contributed by atoms with Gasteiger partial charge in [0.2, 0.25) is 0 Å². The molecule has 1 aromatic carbocycles. The molecule has 3 rings (SSSR count). The van der Waals surface area contributed by atoms with Crippen molar-refractivity contribution in [3.63, 3.8) is 0 Å². The molecule has 1 aliphatic heterocycles. The number of rotatable bonds is 4. The highest BCUT2D eigenvalue weighted by molar-refractivity contribution is 5.85. The normalized spacial score (nSPS) is 16.2. The van der Waals surface area contributed by atoms with Gasteiger partial charge in [-0.15, -0.1) is 12.4 Å². The maximum absolute atomic E-state index is 13.2. The van der Waals surface area contributed by atoms with E-state index in [2.05, 4.69) is 35.5 Å². The van der Waals surface area contributed by atoms with Crippen LogP contribution in [-0.2, 0) is 16.9 Å². The molecule has 1 N–H and O–H groups in total. The summed E-state index contributed by atoms with van der Waals surface area (Å²) >= 11 is 0. The van der Waals surface area contributed by atoms with E-state index >= 15 is 0 Å². The molecule has 0 saturated carbocycles. The second-order valence-corrected chi connectivity index (χ2v) is 6.38. The van der Waals surface area contributed by atoms with Crippen LogP contribution in [-0.4, -0.2) is 40.7 Å². The maximum atomic E-state index is 13.2. The predicted octanol–water partition coefficient (Wildman–Crippen LogP) is 2.35. The van der Waals surface area contributed by atoms with Crippen LogP contribution in [0.5, 0.6) is 0 Å². The lowest BCUT2D eigenvalue weighted by atomic mass is 9.86. The zero-order chi connectivity index (χ0) is 16.3. The van der Waals surface area contributed by atoms with Crippen LogP contribution in [0.15, 0.2) is 42.7 Å². The molecule has 1 aromatic heterocycles. The number of hydrogen-bond donors (Lipinski definition) is 1. The minimum Gasteiger partial charge on any atom is -0.339 e. The summed E-state index contributed by atoms with van der Waals surface area (Å²) in [6.45, 7) is 4.37. The van der Waals surface area contributed by atoms with Gasteiger partial charge in [-0.3, -0.25) is 9.48 Å². The third-order valence-electron chi connectivity index (χ3n) is 4.62. The van der Waals surface area contributed by atoms with Gasteiger partial charge in [-0.05, 0) is 44.5 Å². The number of amides is 1. The third kappa shape index (κ3) is 3.62. The molecule has 1 aliphatic rings. The van der Waals surface area contributed by atoms with Crippen LogP contribution in [0.3, 0.4) is 0 Å². The Morgan fingerprint density at radius 3 is 2.71 bits per heavy atom. The van der Waals surface area contributed by atoms with E-state index in [1.807, 2.05) is 35.0 Å². The lowest BCUT2D eigenvalue weighted by Gasteiger charge is -2.39. The van der Waals surface area contributed by atoms with E-state index in [1.54, 1.807) is 6.20 Å². The van der Waals surface area contributed by atoms with E-state index in [1.165, 1.54) is 5.56 Å². The summed E-state index contributed by atoms with van der Waals surface area (Å²) in [7, 11) is 1.89. The summed E-state index contributed by atoms with van der Waals surface area (Å²) in [5.41, 5.74) is 1.81. The van der Waals surface area contributed by atoms with Crippen molar-refractivity contribution in [3.05, 3.63) is 53.9 Å². The fourth-order valence-electron chi connectivity index (χ4n) is 3.41. The van der Waals surface area contributed by atoms with Gasteiger partial charge in [-0.1, -0.05) is 29.8 Å². The standard InChI is InChI=1S/C18H24N4O.ClH/c1-15-5-3-6-16(13-15)14-21(2)17(23)18(7-10-19-11-8-18)22-12-4-9-20-22;/h3-6,9,12-13,19H,7-8,10-11,14H2,1-2H3;1H. The Kier molecular flexibility index (Phi) is 6.02. The third-order valence-corrected chi connectivity index (χ3v) is 4.62. The number of piperidine rings is 1. The number of carbonyl (C=O) groups is 1. The highest BCUT2D eigenvalue weighted by Gasteiger charge is 2.43. The first-order valence-electron chi connectivity index (χ1n) is 8.14. The summed E-state index contributed by atoms with van der Waals surface area (Å²) in [6, 6.07) is 10.2. The number of hydrogen-bond acceptors (Lipinski definition) is 3. The molecule has 0 atom stereocenters. The molecule has 0 aliphatic carbocycles. The van der Waals surface area contributed by atoms with Crippen molar-refractivity contribution < 1.29 is 4.79 Å². The Morgan fingerprint density at radius 1 is 1.33 bits per heavy atom. The van der Waals surface area contributed by atoms with Gasteiger partial charge >= 0.3 is 0 Å². The molecule has 6 heteroatoms. The minimum atomic E-state index is -0.562. The van der Waals surface area contributed by atoms with Crippen LogP contribution < -0.4 is 5.32 Å². The van der Waals surface area contributed by atoms with Gasteiger partial charge in [-0.25, -0.2) is 0 Å². The molecular formula is C18H25ClN4O. The molecule has 130 valence electrons. The van der Waals surface area contributed by atoms with Crippen LogP contribution in [0, 0.1) is 6.92 Å². The van der Waals surface area contributed by atoms with Crippen LogP contribution in [0.1, 0.15) is 24.0 Å². The molecule has 0 bridgehead atoms. The first kappa shape index (κ1) is 18.5. The zero-order valence-electron chi connectivity index (χ0n) is 14.2. The topological polar surface area (TPSA) is 50.2 Å². The second-order valence-electron chi connectivity index (χ2n) is 6.38. The van der Waals surface area contributed by atoms with E-state index in [-0.39, 0.29) is 18.3 Å². The van der Waals surface area contributed by atoms with E-state index in [4.69, 9.17) is 0 Å². The van der Waals surface area contributed by atoms with E-state index < -0.39 is 5.54 Å². The highest BCUT2D eigenvalue weighted by atomic mass is 35.5. The summed E-state index contributed by atoms with van der Waals surface area (Å²) in [6.07, 6.45) is 5.19. The van der Waals surface area contributed by atoms with Crippen molar-refractivity contribution in [3.8, 4) is 0 Å². The number of likely N-dealkylation sites (N-methyl/N-ethyl adjacent to an activating group) is 1. The molecule has 0 radical (unpaired) electrons. The fraction of sp³-hybridized carbons (Fsp3) is 0.444. The zero-order valence-corrected chi connectivity index (χ0v) is 15.1. The van der Waals surface area contributed by atoms with Crippen molar-refractivity contribution in [1.82, 2.24) is 20.0 Å². The number of aryl methyl sites for hydroxylation is 1. The monoisotopic (exact) mass is 348 g/mol. The lowest BCUT2D eigenvalue weighted by molar-refractivity contribution is -0.142. The molecule has 24 heavy (non-hydrogen) atoms. The second kappa shape index (κ2) is 7.81. The number of benzene rings is 1. The Morgan fingerprint density at radius 2 is 2.08 bits per heavy atom. The molecule has 1 fully saturated rings. The minimum absolute atomic E-state index is 0. The van der Waals surface area contributed by atoms with Crippen molar-refractivity contribution >= 4 is 18.3 Å². The van der Waals surface area contributed by atoms with Crippen molar-refractivity contribution in [2.24, 2.45) is 0 Å². The Bertz CT molecular complexity index is 665. The van der Waals surface area contributed by atoms with Crippen molar-refractivity contribution in [2.75, 3.05) is 20.1 Å². The van der Waals surface area contributed by atoms with Crippen LogP contribution in [0.4, 0.5) is 0 Å². The molecule has 1 amide bonds. The number of halogens is 1. The Balaban J connectivity index is 0.00000208. The van der Waals surface area contributed by atoms with Crippen LogP contribution in [0.25, 0.3) is 0 Å². The number of carbonyl (C=O) groups excluding carboxylic acids is 1. The average Bonchev–Trinajstić information content (AvgIpc) is 3.10. The molecule has 0 unspecified atom stereocenters. The average molecular weight is 349 g/mol. The summed E-state index contributed by atoms with van der Waals surface area (Å²) in [5.74, 6) is 0.143. The van der Waals surface area contributed by atoms with Gasteiger partial charge in [0.15, 0.2) is 0 Å². The van der Waals surface area contributed by atoms with Gasteiger partial charge in [-0.2, -0.15) is 5.10 Å². The molecule has 2 heterocycles. The summed E-state index contributed by atoms with van der Waals surface area (Å²) < 4.78 is 1.85. The fourth-order valence-corrected chi connectivity index (χ4v) is 3.41. The SMILES string of the molecule is Cc1cccc(CN(C)C(=O)C2(n3cccn3)CCNCC2)c1.Cl. The van der Waals surface area contributed by atoms with E-state index in [9.17, 15) is 4.79 Å². The van der Waals surface area contributed by atoms with Gasteiger partial charge < -0.3 is 10.2 Å². The van der Waals surface area contributed by atoms with Crippen molar-refractivity contribution in [2.45, 2.75) is 31.8 Å². The van der Waals surface area contributed by atoms with Crippen molar-refractivity contribution in [1.29, 1.82) is 0 Å². The first-order chi connectivity index (χ1) is 11.1. The predicted molar refractivity (Wildman–Crippen MR) is 97.2 cm³/mol. The van der Waals surface area contributed by atoms with Crippen LogP contribution >= 0.6 is 12.4 Å². The molecular weight excluding hydrogens is 324 g/mol. The Labute approximate surface area is 149 Å². The Hall–Kier alpha value is -1.85. The summed E-state index contributed by atoms with van der Waals surface area (Å²) in [5, 5.41) is 7.72. The lowest BCUT2D eigenvalue weighted by Crippen LogP contribution is -2.54. The molecule has 2 aromatic rings. The highest BCUT2D eigenvalue weighted by Crippen LogP contribution is 2.29. The van der Waals surface area contributed by atoms with E-state index in [0.29, 0.717) is 6.54 Å². The number of nitrogens with one attached hydrogen (secondary N) is 1. The van der Waals surface area contributed by atoms with Gasteiger partial charge in [0.1, 0.15) is 5.54 Å². The molecule has 1 saturated heterocycles. The number of aromatic nitrogens is 2. The molecule has 0 spiro atoms.